The molecular formula is C17H27IN4S2. The number of hydrogen-bond donors (Lipinski definition) is 2. The maximum atomic E-state index is 4.49. The Kier molecular flexibility index (Phi) is 10.5. The van der Waals surface area contributed by atoms with E-state index in [1.165, 1.54) is 9.88 Å². The van der Waals surface area contributed by atoms with Crippen molar-refractivity contribution in [1.82, 2.24) is 15.6 Å². The quantitative estimate of drug-likeness (QED) is 0.260. The van der Waals surface area contributed by atoms with Crippen LogP contribution in [0.2, 0.25) is 0 Å². The van der Waals surface area contributed by atoms with Crippen LogP contribution in [0.3, 0.4) is 0 Å². The van der Waals surface area contributed by atoms with E-state index in [1.54, 1.807) is 11.3 Å². The van der Waals surface area contributed by atoms with Crippen molar-refractivity contribution in [3.05, 3.63) is 38.5 Å². The van der Waals surface area contributed by atoms with Gasteiger partial charge in [0.25, 0.3) is 0 Å². The highest BCUT2D eigenvalue weighted by molar-refractivity contribution is 14.0. The topological polar surface area (TPSA) is 49.3 Å². The van der Waals surface area contributed by atoms with Crippen LogP contribution >= 0.6 is 46.7 Å². The maximum absolute atomic E-state index is 4.49. The van der Waals surface area contributed by atoms with Crippen molar-refractivity contribution < 1.29 is 0 Å². The molecule has 2 rings (SSSR count). The van der Waals surface area contributed by atoms with E-state index in [2.05, 4.69) is 50.4 Å². The smallest absolute Gasteiger partial charge is 0.190 e. The van der Waals surface area contributed by atoms with Crippen LogP contribution in [0.1, 0.15) is 28.9 Å². The number of aryl methyl sites for hydroxylation is 2. The molecule has 0 radical (unpaired) electrons. The second-order valence-corrected chi connectivity index (χ2v) is 7.73. The lowest BCUT2D eigenvalue weighted by molar-refractivity contribution is 0.561. The minimum atomic E-state index is 0. The molecule has 0 saturated carbocycles. The highest BCUT2D eigenvalue weighted by Crippen LogP contribution is 2.13. The van der Waals surface area contributed by atoms with Crippen molar-refractivity contribution >= 4 is 52.6 Å². The molecule has 7 heteroatoms. The summed E-state index contributed by atoms with van der Waals surface area (Å²) in [6.45, 7) is 6.16. The minimum absolute atomic E-state index is 0. The van der Waals surface area contributed by atoms with Gasteiger partial charge >= 0.3 is 0 Å². The molecule has 0 aliphatic carbocycles. The number of thiazole rings is 1. The van der Waals surface area contributed by atoms with Crippen molar-refractivity contribution in [2.75, 3.05) is 20.1 Å². The summed E-state index contributed by atoms with van der Waals surface area (Å²) in [5, 5.41) is 12.3. The van der Waals surface area contributed by atoms with Gasteiger partial charge in [0.2, 0.25) is 0 Å². The predicted octanol–water partition coefficient (Wildman–Crippen LogP) is 4.11. The van der Waals surface area contributed by atoms with Crippen LogP contribution < -0.4 is 10.6 Å². The number of nitrogens with one attached hydrogen (secondary N) is 2. The van der Waals surface area contributed by atoms with E-state index in [1.807, 2.05) is 25.3 Å². The molecule has 0 bridgehead atoms. The molecule has 4 nitrogen and oxygen atoms in total. The van der Waals surface area contributed by atoms with E-state index in [9.17, 15) is 0 Å². The van der Waals surface area contributed by atoms with Gasteiger partial charge in [0.15, 0.2) is 5.96 Å². The Labute approximate surface area is 170 Å². The average Bonchev–Trinajstić information content (AvgIpc) is 3.18. The Morgan fingerprint density at radius 3 is 2.79 bits per heavy atom. The number of halogens is 1. The van der Waals surface area contributed by atoms with Gasteiger partial charge in [-0.3, -0.25) is 4.99 Å². The fourth-order valence-corrected chi connectivity index (χ4v) is 3.99. The highest BCUT2D eigenvalue weighted by Gasteiger charge is 2.06. The third-order valence-electron chi connectivity index (χ3n) is 3.50. The summed E-state index contributed by atoms with van der Waals surface area (Å²) in [5.41, 5.74) is 1.12. The zero-order valence-corrected chi connectivity index (χ0v) is 18.5. The normalized spacial score (nSPS) is 12.5. The summed E-state index contributed by atoms with van der Waals surface area (Å²) < 4.78 is 0. The van der Waals surface area contributed by atoms with Crippen molar-refractivity contribution in [3.8, 4) is 0 Å². The van der Waals surface area contributed by atoms with E-state index < -0.39 is 0 Å². The maximum Gasteiger partial charge on any atom is 0.190 e. The molecule has 0 amide bonds. The van der Waals surface area contributed by atoms with E-state index >= 15 is 0 Å². The number of aromatic nitrogens is 1. The standard InChI is InChI=1S/C17H26N4S2.HI/c1-13(10-15-6-5-9-22-15)11-20-17(18-3)19-8-4-7-16-21-14(2)12-23-16;/h5-6,9,12-13H,4,7-8,10-11H2,1-3H3,(H2,18,19,20);1H. The van der Waals surface area contributed by atoms with Crippen molar-refractivity contribution in [2.24, 2.45) is 10.9 Å². The summed E-state index contributed by atoms with van der Waals surface area (Å²) in [4.78, 5) is 10.2. The molecular weight excluding hydrogens is 451 g/mol. The Balaban J connectivity index is 0.00000288. The lowest BCUT2D eigenvalue weighted by Gasteiger charge is -2.15. The molecule has 2 N–H and O–H groups in total. The van der Waals surface area contributed by atoms with Gasteiger partial charge in [-0.15, -0.1) is 46.7 Å². The zero-order chi connectivity index (χ0) is 16.5. The summed E-state index contributed by atoms with van der Waals surface area (Å²) >= 11 is 3.58. The lowest BCUT2D eigenvalue weighted by atomic mass is 10.1. The summed E-state index contributed by atoms with van der Waals surface area (Å²) in [6, 6.07) is 4.32. The van der Waals surface area contributed by atoms with Gasteiger partial charge in [0.1, 0.15) is 0 Å². The van der Waals surface area contributed by atoms with E-state index in [-0.39, 0.29) is 24.0 Å². The van der Waals surface area contributed by atoms with Gasteiger partial charge in [-0.25, -0.2) is 4.98 Å². The Morgan fingerprint density at radius 1 is 1.33 bits per heavy atom. The van der Waals surface area contributed by atoms with E-state index in [0.29, 0.717) is 5.92 Å². The van der Waals surface area contributed by atoms with Gasteiger partial charge in [0.05, 0.1) is 5.01 Å². The summed E-state index contributed by atoms with van der Waals surface area (Å²) in [7, 11) is 1.82. The molecule has 0 fully saturated rings. The molecule has 0 aliphatic rings. The number of nitrogens with zero attached hydrogens (tertiary/aromatic N) is 2. The molecule has 2 aromatic heterocycles. The molecule has 0 aromatic carbocycles. The molecule has 0 saturated heterocycles. The number of rotatable bonds is 8. The highest BCUT2D eigenvalue weighted by atomic mass is 127. The number of thiophene rings is 1. The molecule has 134 valence electrons. The SMILES string of the molecule is CN=C(NCCCc1nc(C)cs1)NCC(C)Cc1cccs1.I. The predicted molar refractivity (Wildman–Crippen MR) is 117 cm³/mol. The average molecular weight is 478 g/mol. The first-order valence-corrected chi connectivity index (χ1v) is 9.81. The van der Waals surface area contributed by atoms with Gasteiger partial charge in [-0.1, -0.05) is 13.0 Å². The van der Waals surface area contributed by atoms with Crippen LogP contribution in [0.15, 0.2) is 27.9 Å². The Morgan fingerprint density at radius 2 is 2.17 bits per heavy atom. The lowest BCUT2D eigenvalue weighted by Crippen LogP contribution is -2.40. The van der Waals surface area contributed by atoms with E-state index in [0.717, 1.165) is 44.0 Å². The fourth-order valence-electron chi connectivity index (χ4n) is 2.30. The first-order valence-electron chi connectivity index (χ1n) is 8.05. The monoisotopic (exact) mass is 478 g/mol. The number of guanidine groups is 1. The van der Waals surface area contributed by atoms with Crippen molar-refractivity contribution in [3.63, 3.8) is 0 Å². The van der Waals surface area contributed by atoms with Gasteiger partial charge < -0.3 is 10.6 Å². The van der Waals surface area contributed by atoms with Crippen LogP contribution in [0, 0.1) is 12.8 Å². The second kappa shape index (κ2) is 11.8. The fraction of sp³-hybridized carbons (Fsp3) is 0.529. The molecule has 24 heavy (non-hydrogen) atoms. The summed E-state index contributed by atoms with van der Waals surface area (Å²) in [5.74, 6) is 1.48. The van der Waals surface area contributed by atoms with Gasteiger partial charge in [0, 0.05) is 42.5 Å². The molecule has 1 unspecified atom stereocenters. The van der Waals surface area contributed by atoms with Gasteiger partial charge in [-0.2, -0.15) is 0 Å². The third kappa shape index (κ3) is 7.94. The van der Waals surface area contributed by atoms with Crippen LogP contribution in [0.4, 0.5) is 0 Å². The minimum Gasteiger partial charge on any atom is -0.356 e. The second-order valence-electron chi connectivity index (χ2n) is 5.75. The van der Waals surface area contributed by atoms with Crippen LogP contribution in [-0.2, 0) is 12.8 Å². The van der Waals surface area contributed by atoms with Crippen LogP contribution in [0.5, 0.6) is 0 Å². The molecule has 0 spiro atoms. The van der Waals surface area contributed by atoms with Crippen molar-refractivity contribution in [1.29, 1.82) is 0 Å². The van der Waals surface area contributed by atoms with Crippen molar-refractivity contribution in [2.45, 2.75) is 33.1 Å². The molecule has 2 aromatic rings. The summed E-state index contributed by atoms with van der Waals surface area (Å²) in [6.07, 6.45) is 3.21. The molecule has 0 aliphatic heterocycles. The third-order valence-corrected chi connectivity index (χ3v) is 5.42. The first kappa shape index (κ1) is 21.4. The first-order chi connectivity index (χ1) is 11.2. The number of hydrogen-bond acceptors (Lipinski definition) is 4. The largest absolute Gasteiger partial charge is 0.356 e. The van der Waals surface area contributed by atoms with E-state index in [4.69, 9.17) is 0 Å². The number of aliphatic imine (C=N–C) groups is 1. The zero-order valence-electron chi connectivity index (χ0n) is 14.5. The molecule has 1 atom stereocenters. The van der Waals surface area contributed by atoms with Gasteiger partial charge in [-0.05, 0) is 37.1 Å². The Bertz CT molecular complexity index is 596. The van der Waals surface area contributed by atoms with Crippen LogP contribution in [-0.4, -0.2) is 31.1 Å². The van der Waals surface area contributed by atoms with Crippen LogP contribution in [0.25, 0.3) is 0 Å². The Hall–Kier alpha value is -0.670. The molecule has 2 heterocycles.